The van der Waals surface area contributed by atoms with Crippen molar-refractivity contribution in [2.75, 3.05) is 28.6 Å². The number of nitrogens with zero attached hydrogens (tertiary/aromatic N) is 4. The molecule has 4 rings (SSSR count). The zero-order chi connectivity index (χ0) is 18.5. The smallest absolute Gasteiger partial charge is 0.249 e. The number of hydrogen-bond acceptors (Lipinski definition) is 6. The first-order chi connectivity index (χ1) is 13.3. The van der Waals surface area contributed by atoms with Gasteiger partial charge in [-0.25, -0.2) is 0 Å². The number of anilines is 4. The lowest BCUT2D eigenvalue weighted by Crippen LogP contribution is -2.32. The van der Waals surface area contributed by atoms with E-state index in [1.54, 1.807) is 6.20 Å². The summed E-state index contributed by atoms with van der Waals surface area (Å²) in [6, 6.07) is 9.05. The molecule has 1 saturated carbocycles. The monoisotopic (exact) mass is 366 g/mol. The molecule has 144 valence electrons. The van der Waals surface area contributed by atoms with Crippen molar-refractivity contribution in [1.29, 1.82) is 0 Å². The van der Waals surface area contributed by atoms with Gasteiger partial charge >= 0.3 is 0 Å². The number of hydrogen-bond donors (Lipinski definition) is 2. The van der Waals surface area contributed by atoms with E-state index in [1.165, 1.54) is 50.6 Å². The van der Waals surface area contributed by atoms with E-state index < -0.39 is 0 Å². The molecule has 2 aromatic rings. The highest BCUT2D eigenvalue weighted by Gasteiger charge is 2.16. The molecule has 1 aromatic carbocycles. The maximum absolute atomic E-state index is 4.58. The molecule has 0 amide bonds. The summed E-state index contributed by atoms with van der Waals surface area (Å²) in [6.07, 6.45) is 10.6. The summed E-state index contributed by atoms with van der Waals surface area (Å²) >= 11 is 0. The average Bonchev–Trinajstić information content (AvgIpc) is 2.70. The van der Waals surface area contributed by atoms with Gasteiger partial charge in [0.05, 0.1) is 6.20 Å². The Morgan fingerprint density at radius 1 is 0.963 bits per heavy atom. The van der Waals surface area contributed by atoms with Gasteiger partial charge in [0.1, 0.15) is 0 Å². The van der Waals surface area contributed by atoms with Crippen LogP contribution in [-0.2, 0) is 0 Å². The molecule has 6 nitrogen and oxygen atoms in total. The minimum atomic E-state index is 0.509. The summed E-state index contributed by atoms with van der Waals surface area (Å²) in [5.41, 5.74) is 2.28. The van der Waals surface area contributed by atoms with E-state index in [0.29, 0.717) is 12.0 Å². The molecule has 6 heteroatoms. The van der Waals surface area contributed by atoms with Crippen LogP contribution in [-0.4, -0.2) is 34.3 Å². The Hall–Kier alpha value is -2.37. The maximum Gasteiger partial charge on any atom is 0.249 e. The Morgan fingerprint density at radius 3 is 2.44 bits per heavy atom. The van der Waals surface area contributed by atoms with Gasteiger partial charge in [0.25, 0.3) is 0 Å². The lowest BCUT2D eigenvalue weighted by Gasteiger charge is -2.32. The Bertz CT molecular complexity index is 718. The molecule has 1 aliphatic carbocycles. The van der Waals surface area contributed by atoms with Crippen LogP contribution in [0.1, 0.15) is 51.9 Å². The summed E-state index contributed by atoms with van der Waals surface area (Å²) in [5.74, 6) is 2.19. The molecule has 1 aromatic heterocycles. The fourth-order valence-electron chi connectivity index (χ4n) is 4.03. The summed E-state index contributed by atoms with van der Waals surface area (Å²) < 4.78 is 0. The van der Waals surface area contributed by atoms with Crippen LogP contribution >= 0.6 is 0 Å². The van der Waals surface area contributed by atoms with E-state index in [9.17, 15) is 0 Å². The van der Waals surface area contributed by atoms with Crippen LogP contribution in [0, 0.1) is 5.92 Å². The second-order valence-electron chi connectivity index (χ2n) is 7.99. The van der Waals surface area contributed by atoms with E-state index in [-0.39, 0.29) is 0 Å². The number of nitrogens with one attached hydrogen (secondary N) is 2. The van der Waals surface area contributed by atoms with Crippen LogP contribution in [0.15, 0.2) is 30.5 Å². The molecule has 2 fully saturated rings. The second kappa shape index (κ2) is 8.55. The first-order valence-electron chi connectivity index (χ1n) is 10.3. The summed E-state index contributed by atoms with van der Waals surface area (Å²) in [6.45, 7) is 4.64. The van der Waals surface area contributed by atoms with E-state index in [1.807, 2.05) is 0 Å². The van der Waals surface area contributed by atoms with Crippen LogP contribution in [0.4, 0.5) is 23.1 Å². The minimum absolute atomic E-state index is 0.509. The van der Waals surface area contributed by atoms with Crippen LogP contribution in [0.2, 0.25) is 0 Å². The fraction of sp³-hybridized carbons (Fsp3) is 0.571. The molecule has 1 saturated heterocycles. The molecule has 0 spiro atoms. The third-order valence-electron chi connectivity index (χ3n) is 5.79. The number of piperidine rings is 1. The van der Waals surface area contributed by atoms with E-state index >= 15 is 0 Å². The van der Waals surface area contributed by atoms with Gasteiger partial charge in [-0.3, -0.25) is 0 Å². The van der Waals surface area contributed by atoms with Gasteiger partial charge in [0, 0.05) is 30.5 Å². The first kappa shape index (κ1) is 18.0. The SMILES string of the molecule is CC1CCN(c2ccc(Nc3nncc(NC4CCCCC4)n3)cc2)CC1. The number of benzene rings is 1. The first-order valence-corrected chi connectivity index (χ1v) is 10.3. The maximum atomic E-state index is 4.58. The highest BCUT2D eigenvalue weighted by atomic mass is 15.3. The predicted molar refractivity (Wildman–Crippen MR) is 111 cm³/mol. The standard InChI is InChI=1S/C21H30N6/c1-16-11-13-27(14-12-16)19-9-7-18(8-10-19)24-21-25-20(15-22-26-21)23-17-5-3-2-4-6-17/h7-10,15-17H,2-6,11-14H2,1H3,(H2,23,24,25,26). The Kier molecular flexibility index (Phi) is 5.70. The lowest BCUT2D eigenvalue weighted by molar-refractivity contribution is 0.438. The normalized spacial score (nSPS) is 19.1. The van der Waals surface area contributed by atoms with E-state index in [4.69, 9.17) is 0 Å². The van der Waals surface area contributed by atoms with Crippen molar-refractivity contribution in [2.45, 2.75) is 57.9 Å². The van der Waals surface area contributed by atoms with Crippen molar-refractivity contribution in [2.24, 2.45) is 5.92 Å². The van der Waals surface area contributed by atoms with Crippen molar-refractivity contribution in [3.63, 3.8) is 0 Å². The van der Waals surface area contributed by atoms with Gasteiger partial charge in [-0.1, -0.05) is 26.2 Å². The highest BCUT2D eigenvalue weighted by Crippen LogP contribution is 2.25. The third-order valence-corrected chi connectivity index (χ3v) is 5.79. The second-order valence-corrected chi connectivity index (χ2v) is 7.99. The van der Waals surface area contributed by atoms with Crippen molar-refractivity contribution in [3.05, 3.63) is 30.5 Å². The highest BCUT2D eigenvalue weighted by molar-refractivity contribution is 5.59. The van der Waals surface area contributed by atoms with Gasteiger partial charge in [-0.05, 0) is 55.9 Å². The lowest BCUT2D eigenvalue weighted by atomic mass is 9.96. The third kappa shape index (κ3) is 4.87. The Labute approximate surface area is 161 Å². The van der Waals surface area contributed by atoms with Crippen molar-refractivity contribution in [3.8, 4) is 0 Å². The zero-order valence-electron chi connectivity index (χ0n) is 16.2. The largest absolute Gasteiger partial charge is 0.372 e. The molecule has 0 unspecified atom stereocenters. The van der Waals surface area contributed by atoms with Crippen LogP contribution < -0.4 is 15.5 Å². The molecule has 2 heterocycles. The molecule has 2 aliphatic rings. The summed E-state index contributed by atoms with van der Waals surface area (Å²) in [7, 11) is 0. The van der Waals surface area contributed by atoms with E-state index in [2.05, 4.69) is 61.9 Å². The van der Waals surface area contributed by atoms with Gasteiger partial charge in [0.2, 0.25) is 5.95 Å². The van der Waals surface area contributed by atoms with Gasteiger partial charge < -0.3 is 15.5 Å². The molecule has 0 atom stereocenters. The van der Waals surface area contributed by atoms with E-state index in [0.717, 1.165) is 30.5 Å². The summed E-state index contributed by atoms with van der Waals surface area (Å²) in [5, 5.41) is 15.0. The fourth-order valence-corrected chi connectivity index (χ4v) is 4.03. The molecule has 0 bridgehead atoms. The van der Waals surface area contributed by atoms with Gasteiger partial charge in [-0.2, -0.15) is 10.1 Å². The molecular formula is C21H30N6. The molecule has 2 N–H and O–H groups in total. The van der Waals surface area contributed by atoms with Crippen LogP contribution in [0.5, 0.6) is 0 Å². The predicted octanol–water partition coefficient (Wildman–Crippen LogP) is 4.60. The van der Waals surface area contributed by atoms with Gasteiger partial charge in [-0.15, -0.1) is 5.10 Å². The molecule has 27 heavy (non-hydrogen) atoms. The number of rotatable bonds is 5. The minimum Gasteiger partial charge on any atom is -0.372 e. The van der Waals surface area contributed by atoms with Crippen molar-refractivity contribution < 1.29 is 0 Å². The molecule has 0 radical (unpaired) electrons. The molecule has 1 aliphatic heterocycles. The Morgan fingerprint density at radius 2 is 1.70 bits per heavy atom. The van der Waals surface area contributed by atoms with Crippen LogP contribution in [0.25, 0.3) is 0 Å². The van der Waals surface area contributed by atoms with Crippen molar-refractivity contribution >= 4 is 23.1 Å². The quantitative estimate of drug-likeness (QED) is 0.806. The zero-order valence-corrected chi connectivity index (χ0v) is 16.2. The van der Waals surface area contributed by atoms with Crippen LogP contribution in [0.3, 0.4) is 0 Å². The number of aromatic nitrogens is 3. The van der Waals surface area contributed by atoms with Crippen molar-refractivity contribution in [1.82, 2.24) is 15.2 Å². The van der Waals surface area contributed by atoms with Gasteiger partial charge in [0.15, 0.2) is 5.82 Å². The average molecular weight is 367 g/mol. The topological polar surface area (TPSA) is 66.0 Å². The Balaban J connectivity index is 1.36. The summed E-state index contributed by atoms with van der Waals surface area (Å²) in [4.78, 5) is 7.05. The molecular weight excluding hydrogens is 336 g/mol.